The van der Waals surface area contributed by atoms with Crippen LogP contribution < -0.4 is 11.3 Å². The highest BCUT2D eigenvalue weighted by molar-refractivity contribution is 6.31. The van der Waals surface area contributed by atoms with Crippen LogP contribution in [0.15, 0.2) is 12.1 Å². The van der Waals surface area contributed by atoms with Crippen molar-refractivity contribution < 1.29 is 0 Å². The molecule has 0 saturated heterocycles. The van der Waals surface area contributed by atoms with Crippen LogP contribution >= 0.6 is 11.6 Å². The fourth-order valence-corrected chi connectivity index (χ4v) is 2.12. The van der Waals surface area contributed by atoms with Crippen molar-refractivity contribution in [1.29, 1.82) is 0 Å². The number of unbranched alkanes of at least 4 members (excludes halogenated alkanes) is 2. The summed E-state index contributed by atoms with van der Waals surface area (Å²) < 4.78 is 0. The van der Waals surface area contributed by atoms with E-state index in [1.54, 1.807) is 6.07 Å². The number of hydrazine groups is 1. The topological polar surface area (TPSA) is 54.2 Å². The first-order valence-corrected chi connectivity index (χ1v) is 7.32. The van der Waals surface area contributed by atoms with E-state index in [-0.39, 0.29) is 0 Å². The minimum absolute atomic E-state index is 0.476. The Kier molecular flexibility index (Phi) is 7.13. The minimum Gasteiger partial charge on any atom is -0.308 e. The first-order chi connectivity index (χ1) is 9.08. The van der Waals surface area contributed by atoms with Gasteiger partial charge < -0.3 is 5.43 Å². The Balaban J connectivity index is 2.72. The third-order valence-electron chi connectivity index (χ3n) is 3.20. The molecule has 0 radical (unpaired) electrons. The zero-order valence-corrected chi connectivity index (χ0v) is 12.9. The van der Waals surface area contributed by atoms with Crippen molar-refractivity contribution in [3.05, 3.63) is 22.8 Å². The summed E-state index contributed by atoms with van der Waals surface area (Å²) in [5, 5.41) is 0.695. The molecule has 108 valence electrons. The highest BCUT2D eigenvalue weighted by atomic mass is 35.5. The highest BCUT2D eigenvalue weighted by Gasteiger charge is 2.13. The first-order valence-electron chi connectivity index (χ1n) is 6.94. The highest BCUT2D eigenvalue weighted by Crippen LogP contribution is 2.19. The molecule has 0 spiro atoms. The fourth-order valence-electron chi connectivity index (χ4n) is 1.95. The average Bonchev–Trinajstić information content (AvgIpc) is 2.39. The van der Waals surface area contributed by atoms with Crippen LogP contribution in [-0.4, -0.2) is 22.5 Å². The molecule has 0 amide bonds. The van der Waals surface area contributed by atoms with Crippen molar-refractivity contribution in [3.63, 3.8) is 0 Å². The van der Waals surface area contributed by atoms with Gasteiger partial charge in [-0.15, -0.1) is 0 Å². The third-order valence-corrected chi connectivity index (χ3v) is 3.54. The van der Waals surface area contributed by atoms with Crippen LogP contribution in [0.3, 0.4) is 0 Å². The van der Waals surface area contributed by atoms with Gasteiger partial charge in [0.1, 0.15) is 5.82 Å². The van der Waals surface area contributed by atoms with E-state index in [1.807, 2.05) is 6.07 Å². The second-order valence-electron chi connectivity index (χ2n) is 5.04. The molecule has 3 N–H and O–H groups in total. The standard InChI is InChI=1S/C14H25ClN4/c1-4-5-6-9-19(11(2)3)10-13-12(15)7-8-14(17-13)18-16/h7-8,11H,4-6,9-10,16H2,1-3H3,(H,17,18). The molecule has 0 aliphatic heterocycles. The smallest absolute Gasteiger partial charge is 0.140 e. The number of pyridine rings is 1. The van der Waals surface area contributed by atoms with Crippen molar-refractivity contribution in [2.24, 2.45) is 5.84 Å². The van der Waals surface area contributed by atoms with E-state index in [1.165, 1.54) is 19.3 Å². The number of hydrogen-bond acceptors (Lipinski definition) is 4. The molecule has 4 nitrogen and oxygen atoms in total. The van der Waals surface area contributed by atoms with Gasteiger partial charge in [-0.3, -0.25) is 4.90 Å². The Morgan fingerprint density at radius 3 is 2.68 bits per heavy atom. The summed E-state index contributed by atoms with van der Waals surface area (Å²) in [6.45, 7) is 8.45. The van der Waals surface area contributed by atoms with Crippen molar-refractivity contribution in [2.45, 2.75) is 52.6 Å². The number of nitrogens with two attached hydrogens (primary N) is 1. The lowest BCUT2D eigenvalue weighted by Crippen LogP contribution is -2.32. The van der Waals surface area contributed by atoms with Gasteiger partial charge in [-0.05, 0) is 38.9 Å². The number of rotatable bonds is 8. The molecule has 1 aromatic rings. The summed E-state index contributed by atoms with van der Waals surface area (Å²) >= 11 is 6.21. The number of hydrogen-bond donors (Lipinski definition) is 2. The Morgan fingerprint density at radius 1 is 1.37 bits per heavy atom. The van der Waals surface area contributed by atoms with E-state index >= 15 is 0 Å². The molecule has 0 bridgehead atoms. The number of aromatic nitrogens is 1. The molecular formula is C14H25ClN4. The number of anilines is 1. The lowest BCUT2D eigenvalue weighted by molar-refractivity contribution is 0.206. The minimum atomic E-state index is 0.476. The van der Waals surface area contributed by atoms with Crippen LogP contribution in [0.2, 0.25) is 5.02 Å². The van der Waals surface area contributed by atoms with Crippen molar-refractivity contribution >= 4 is 17.4 Å². The zero-order valence-electron chi connectivity index (χ0n) is 12.1. The maximum atomic E-state index is 6.21. The van der Waals surface area contributed by atoms with E-state index in [2.05, 4.69) is 36.1 Å². The predicted molar refractivity (Wildman–Crippen MR) is 82.1 cm³/mol. The van der Waals surface area contributed by atoms with Crippen molar-refractivity contribution in [2.75, 3.05) is 12.0 Å². The summed E-state index contributed by atoms with van der Waals surface area (Å²) in [6.07, 6.45) is 3.70. The van der Waals surface area contributed by atoms with Crippen LogP contribution in [0.1, 0.15) is 45.7 Å². The quantitative estimate of drug-likeness (QED) is 0.436. The molecular weight excluding hydrogens is 260 g/mol. The van der Waals surface area contributed by atoms with Gasteiger partial charge >= 0.3 is 0 Å². The van der Waals surface area contributed by atoms with Crippen LogP contribution in [0.5, 0.6) is 0 Å². The molecule has 0 aromatic carbocycles. The van der Waals surface area contributed by atoms with Gasteiger partial charge in [-0.2, -0.15) is 0 Å². The number of halogens is 1. The lowest BCUT2D eigenvalue weighted by Gasteiger charge is -2.26. The largest absolute Gasteiger partial charge is 0.308 e. The van der Waals surface area contributed by atoms with E-state index in [0.717, 1.165) is 18.8 Å². The third kappa shape index (κ3) is 5.35. The van der Waals surface area contributed by atoms with Crippen molar-refractivity contribution in [1.82, 2.24) is 9.88 Å². The summed E-state index contributed by atoms with van der Waals surface area (Å²) in [4.78, 5) is 6.82. The van der Waals surface area contributed by atoms with E-state index in [0.29, 0.717) is 16.9 Å². The van der Waals surface area contributed by atoms with Crippen molar-refractivity contribution in [3.8, 4) is 0 Å². The maximum Gasteiger partial charge on any atom is 0.140 e. The maximum absolute atomic E-state index is 6.21. The Bertz CT molecular complexity index is 382. The second kappa shape index (κ2) is 8.35. The molecule has 1 rings (SSSR count). The van der Waals surface area contributed by atoms with E-state index in [4.69, 9.17) is 17.4 Å². The summed E-state index contributed by atoms with van der Waals surface area (Å²) in [5.41, 5.74) is 3.44. The predicted octanol–water partition coefficient (Wildman–Crippen LogP) is 3.42. The molecule has 5 heteroatoms. The molecule has 0 aliphatic rings. The van der Waals surface area contributed by atoms with E-state index < -0.39 is 0 Å². The second-order valence-corrected chi connectivity index (χ2v) is 5.45. The molecule has 0 unspecified atom stereocenters. The molecule has 0 fully saturated rings. The molecule has 19 heavy (non-hydrogen) atoms. The lowest BCUT2D eigenvalue weighted by atomic mass is 10.2. The molecule has 0 saturated carbocycles. The average molecular weight is 285 g/mol. The van der Waals surface area contributed by atoms with Gasteiger partial charge in [0.15, 0.2) is 0 Å². The van der Waals surface area contributed by atoms with Gasteiger partial charge in [0, 0.05) is 12.6 Å². The summed E-state index contributed by atoms with van der Waals surface area (Å²) in [7, 11) is 0. The molecule has 1 heterocycles. The first kappa shape index (κ1) is 16.2. The Morgan fingerprint density at radius 2 is 2.11 bits per heavy atom. The fraction of sp³-hybridized carbons (Fsp3) is 0.643. The molecule has 0 atom stereocenters. The normalized spacial score (nSPS) is 11.3. The van der Waals surface area contributed by atoms with Gasteiger partial charge in [-0.25, -0.2) is 10.8 Å². The number of nitrogen functional groups attached to an aromatic ring is 1. The summed E-state index contributed by atoms with van der Waals surface area (Å²) in [5.74, 6) is 6.04. The van der Waals surface area contributed by atoms with Crippen LogP contribution in [-0.2, 0) is 6.54 Å². The number of nitrogens with one attached hydrogen (secondary N) is 1. The monoisotopic (exact) mass is 284 g/mol. The SMILES string of the molecule is CCCCCN(Cc1nc(NN)ccc1Cl)C(C)C. The van der Waals surface area contributed by atoms with Gasteiger partial charge in [0.05, 0.1) is 10.7 Å². The molecule has 0 aliphatic carbocycles. The van der Waals surface area contributed by atoms with Gasteiger partial charge in [-0.1, -0.05) is 31.4 Å². The number of nitrogens with zero attached hydrogens (tertiary/aromatic N) is 2. The van der Waals surface area contributed by atoms with E-state index in [9.17, 15) is 0 Å². The molecule has 1 aromatic heterocycles. The Hall–Kier alpha value is -0.840. The van der Waals surface area contributed by atoms with Crippen LogP contribution in [0.25, 0.3) is 0 Å². The van der Waals surface area contributed by atoms with Gasteiger partial charge in [0.2, 0.25) is 0 Å². The van der Waals surface area contributed by atoms with Gasteiger partial charge in [0.25, 0.3) is 0 Å². The summed E-state index contributed by atoms with van der Waals surface area (Å²) in [6, 6.07) is 4.09. The van der Waals surface area contributed by atoms with Crippen LogP contribution in [0.4, 0.5) is 5.82 Å². The van der Waals surface area contributed by atoms with Crippen LogP contribution in [0, 0.1) is 0 Å². The zero-order chi connectivity index (χ0) is 14.3. The Labute approximate surface area is 121 Å².